The molecular weight excluding hydrogens is 320 g/mol. The van der Waals surface area contributed by atoms with Gasteiger partial charge in [0, 0.05) is 18.2 Å². The summed E-state index contributed by atoms with van der Waals surface area (Å²) in [6.45, 7) is 1.44. The third kappa shape index (κ3) is 4.11. The van der Waals surface area contributed by atoms with Crippen LogP contribution < -0.4 is 5.32 Å². The SMILES string of the molecule is CC(=O)Nc1ccc(/C=C(\CC(=O)O)c2nc3ccccc3o2)cc1. The zero-order chi connectivity index (χ0) is 17.8. The molecular formula is C19H16N2O4. The molecule has 6 nitrogen and oxygen atoms in total. The summed E-state index contributed by atoms with van der Waals surface area (Å²) >= 11 is 0. The molecule has 3 rings (SSSR count). The number of hydrogen-bond donors (Lipinski definition) is 2. The van der Waals surface area contributed by atoms with E-state index in [2.05, 4.69) is 10.3 Å². The third-order valence-electron chi connectivity index (χ3n) is 3.48. The number of aromatic nitrogens is 1. The second-order valence-electron chi connectivity index (χ2n) is 5.53. The van der Waals surface area contributed by atoms with Gasteiger partial charge in [0.15, 0.2) is 5.58 Å². The van der Waals surface area contributed by atoms with Gasteiger partial charge in [-0.3, -0.25) is 9.59 Å². The number of carbonyl (C=O) groups is 2. The Kier molecular flexibility index (Phi) is 4.61. The van der Waals surface area contributed by atoms with Crippen LogP contribution in [0.4, 0.5) is 5.69 Å². The third-order valence-corrected chi connectivity index (χ3v) is 3.48. The molecule has 3 aromatic rings. The van der Waals surface area contributed by atoms with Crippen molar-refractivity contribution in [1.29, 1.82) is 0 Å². The van der Waals surface area contributed by atoms with Gasteiger partial charge in [0.05, 0.1) is 6.42 Å². The van der Waals surface area contributed by atoms with Crippen molar-refractivity contribution < 1.29 is 19.1 Å². The van der Waals surface area contributed by atoms with Gasteiger partial charge in [0.1, 0.15) is 5.52 Å². The molecule has 0 aliphatic rings. The van der Waals surface area contributed by atoms with Crippen molar-refractivity contribution >= 4 is 40.3 Å². The summed E-state index contributed by atoms with van der Waals surface area (Å²) in [6.07, 6.45) is 1.51. The summed E-state index contributed by atoms with van der Waals surface area (Å²) in [4.78, 5) is 26.6. The van der Waals surface area contributed by atoms with Crippen molar-refractivity contribution in [3.05, 3.63) is 60.0 Å². The summed E-state index contributed by atoms with van der Waals surface area (Å²) in [6, 6.07) is 14.3. The molecule has 2 N–H and O–H groups in total. The molecule has 0 fully saturated rings. The lowest BCUT2D eigenvalue weighted by molar-refractivity contribution is -0.135. The maximum Gasteiger partial charge on any atom is 0.308 e. The average molecular weight is 336 g/mol. The number of amides is 1. The van der Waals surface area contributed by atoms with Gasteiger partial charge in [-0.15, -0.1) is 0 Å². The summed E-state index contributed by atoms with van der Waals surface area (Å²) in [7, 11) is 0. The van der Waals surface area contributed by atoms with Gasteiger partial charge in [-0.25, -0.2) is 4.98 Å². The minimum atomic E-state index is -0.969. The minimum absolute atomic E-state index is 0.152. The number of carbonyl (C=O) groups excluding carboxylic acids is 1. The molecule has 1 heterocycles. The Labute approximate surface area is 143 Å². The van der Waals surface area contributed by atoms with Crippen molar-refractivity contribution in [3.63, 3.8) is 0 Å². The summed E-state index contributed by atoms with van der Waals surface area (Å²) in [5.74, 6) is -0.834. The lowest BCUT2D eigenvalue weighted by Crippen LogP contribution is -2.05. The molecule has 25 heavy (non-hydrogen) atoms. The average Bonchev–Trinajstić information content (AvgIpc) is 2.99. The molecule has 1 amide bonds. The van der Waals surface area contributed by atoms with Gasteiger partial charge >= 0.3 is 5.97 Å². The van der Waals surface area contributed by atoms with Crippen LogP contribution in [0.1, 0.15) is 24.8 Å². The molecule has 126 valence electrons. The number of aliphatic carboxylic acids is 1. The molecule has 0 atom stereocenters. The van der Waals surface area contributed by atoms with Crippen LogP contribution in [0.2, 0.25) is 0 Å². The molecule has 0 radical (unpaired) electrons. The lowest BCUT2D eigenvalue weighted by atomic mass is 10.1. The van der Waals surface area contributed by atoms with E-state index in [0.717, 1.165) is 5.56 Å². The number of carboxylic acid groups (broad SMARTS) is 1. The van der Waals surface area contributed by atoms with E-state index in [-0.39, 0.29) is 18.2 Å². The standard InChI is InChI=1S/C19H16N2O4/c1-12(22)20-15-8-6-13(7-9-15)10-14(11-18(23)24)19-21-16-4-2-3-5-17(16)25-19/h2-10H,11H2,1H3,(H,20,22)(H,23,24)/b14-10+. The molecule has 0 unspecified atom stereocenters. The van der Waals surface area contributed by atoms with Gasteiger partial charge < -0.3 is 14.8 Å². The smallest absolute Gasteiger partial charge is 0.308 e. The maximum absolute atomic E-state index is 11.2. The molecule has 1 aromatic heterocycles. The molecule has 0 aliphatic carbocycles. The lowest BCUT2D eigenvalue weighted by Gasteiger charge is -2.04. The van der Waals surface area contributed by atoms with Crippen LogP contribution in [0.25, 0.3) is 22.7 Å². The zero-order valence-electron chi connectivity index (χ0n) is 13.5. The van der Waals surface area contributed by atoms with Crippen LogP contribution in [-0.2, 0) is 9.59 Å². The van der Waals surface area contributed by atoms with E-state index in [4.69, 9.17) is 4.42 Å². The van der Waals surface area contributed by atoms with Crippen molar-refractivity contribution in [1.82, 2.24) is 4.98 Å². The Morgan fingerprint density at radius 2 is 1.88 bits per heavy atom. The quantitative estimate of drug-likeness (QED) is 0.739. The normalized spacial score (nSPS) is 11.5. The highest BCUT2D eigenvalue weighted by Crippen LogP contribution is 2.25. The number of para-hydroxylation sites is 2. The van der Waals surface area contributed by atoms with Crippen molar-refractivity contribution in [2.75, 3.05) is 5.32 Å². The number of benzene rings is 2. The van der Waals surface area contributed by atoms with Crippen molar-refractivity contribution in [2.24, 2.45) is 0 Å². The van der Waals surface area contributed by atoms with E-state index in [1.807, 2.05) is 18.2 Å². The fourth-order valence-corrected chi connectivity index (χ4v) is 2.43. The molecule has 0 saturated heterocycles. The minimum Gasteiger partial charge on any atom is -0.481 e. The first-order valence-electron chi connectivity index (χ1n) is 7.67. The Hall–Kier alpha value is -3.41. The number of nitrogens with zero attached hydrogens (tertiary/aromatic N) is 1. The fraction of sp³-hybridized carbons (Fsp3) is 0.105. The van der Waals surface area contributed by atoms with Crippen LogP contribution in [-0.4, -0.2) is 22.0 Å². The number of rotatable bonds is 5. The topological polar surface area (TPSA) is 92.4 Å². The maximum atomic E-state index is 11.2. The summed E-state index contributed by atoms with van der Waals surface area (Å²) < 4.78 is 5.68. The van der Waals surface area contributed by atoms with Crippen molar-refractivity contribution in [3.8, 4) is 0 Å². The number of anilines is 1. The van der Waals surface area contributed by atoms with Gasteiger partial charge in [0.2, 0.25) is 11.8 Å². The number of fused-ring (bicyclic) bond motifs is 1. The Balaban J connectivity index is 1.95. The van der Waals surface area contributed by atoms with E-state index < -0.39 is 5.97 Å². The van der Waals surface area contributed by atoms with E-state index in [9.17, 15) is 14.7 Å². The molecule has 0 saturated carbocycles. The Morgan fingerprint density at radius 3 is 2.52 bits per heavy atom. The van der Waals surface area contributed by atoms with Crippen LogP contribution in [0.5, 0.6) is 0 Å². The van der Waals surface area contributed by atoms with E-state index in [1.165, 1.54) is 6.92 Å². The largest absolute Gasteiger partial charge is 0.481 e. The summed E-state index contributed by atoms with van der Waals surface area (Å²) in [5.41, 5.74) is 3.21. The zero-order valence-corrected chi connectivity index (χ0v) is 13.5. The van der Waals surface area contributed by atoms with E-state index >= 15 is 0 Å². The van der Waals surface area contributed by atoms with E-state index in [0.29, 0.717) is 22.4 Å². The van der Waals surface area contributed by atoms with Crippen LogP contribution >= 0.6 is 0 Å². The van der Waals surface area contributed by atoms with Crippen LogP contribution in [0.15, 0.2) is 52.9 Å². The second kappa shape index (κ2) is 7.00. The predicted molar refractivity (Wildman–Crippen MR) is 94.9 cm³/mol. The first-order valence-corrected chi connectivity index (χ1v) is 7.67. The molecule has 0 aliphatic heterocycles. The Morgan fingerprint density at radius 1 is 1.16 bits per heavy atom. The first kappa shape index (κ1) is 16.4. The predicted octanol–water partition coefficient (Wildman–Crippen LogP) is 3.80. The highest BCUT2D eigenvalue weighted by Gasteiger charge is 2.14. The van der Waals surface area contributed by atoms with Crippen LogP contribution in [0.3, 0.4) is 0 Å². The first-order chi connectivity index (χ1) is 12.0. The van der Waals surface area contributed by atoms with Gasteiger partial charge in [0.25, 0.3) is 0 Å². The molecule has 0 spiro atoms. The molecule has 0 bridgehead atoms. The monoisotopic (exact) mass is 336 g/mol. The van der Waals surface area contributed by atoms with E-state index in [1.54, 1.807) is 36.4 Å². The van der Waals surface area contributed by atoms with Gasteiger partial charge in [-0.05, 0) is 35.9 Å². The molecule has 2 aromatic carbocycles. The number of nitrogens with one attached hydrogen (secondary N) is 1. The van der Waals surface area contributed by atoms with Gasteiger partial charge in [-0.2, -0.15) is 0 Å². The van der Waals surface area contributed by atoms with Gasteiger partial charge in [-0.1, -0.05) is 24.3 Å². The van der Waals surface area contributed by atoms with Crippen LogP contribution in [0, 0.1) is 0 Å². The molecule has 6 heteroatoms. The summed E-state index contributed by atoms with van der Waals surface area (Å²) in [5, 5.41) is 11.9. The second-order valence-corrected chi connectivity index (χ2v) is 5.53. The highest BCUT2D eigenvalue weighted by atomic mass is 16.4. The number of carboxylic acids is 1. The fourth-order valence-electron chi connectivity index (χ4n) is 2.43. The van der Waals surface area contributed by atoms with Crippen molar-refractivity contribution in [2.45, 2.75) is 13.3 Å². The highest BCUT2D eigenvalue weighted by molar-refractivity contribution is 5.92. The Bertz CT molecular complexity index is 922. The number of oxazole rings is 1. The number of hydrogen-bond acceptors (Lipinski definition) is 4.